The van der Waals surface area contributed by atoms with Crippen molar-refractivity contribution in [3.05, 3.63) is 22.7 Å². The molecule has 21 heavy (non-hydrogen) atoms. The summed E-state index contributed by atoms with van der Waals surface area (Å²) in [5, 5.41) is 9.66. The summed E-state index contributed by atoms with van der Waals surface area (Å²) in [6.07, 6.45) is 0.750. The van der Waals surface area contributed by atoms with Gasteiger partial charge in [0.15, 0.2) is 17.6 Å². The zero-order valence-corrected chi connectivity index (χ0v) is 13.3. The summed E-state index contributed by atoms with van der Waals surface area (Å²) in [5.74, 6) is -0.194. The van der Waals surface area contributed by atoms with Crippen LogP contribution in [-0.4, -0.2) is 30.3 Å². The molecule has 1 rings (SSSR count). The molecule has 2 atom stereocenters. The standard InChI is InChI=1S/C15H22ClNO4/c1-4-11(17)7-9-6-10(16)8-13(20-3)14(9)21-12(5-2)15(18)19/h6,8,11-12H,4-5,7,17H2,1-3H3,(H,18,19). The van der Waals surface area contributed by atoms with Crippen molar-refractivity contribution in [3.8, 4) is 11.5 Å². The number of carboxylic acids is 1. The SMILES string of the molecule is CCC(N)Cc1cc(Cl)cc(OC)c1OC(CC)C(=O)O. The molecule has 0 saturated heterocycles. The maximum atomic E-state index is 11.2. The molecule has 3 N–H and O–H groups in total. The molecular weight excluding hydrogens is 294 g/mol. The van der Waals surface area contributed by atoms with Crippen molar-refractivity contribution in [1.29, 1.82) is 0 Å². The zero-order chi connectivity index (χ0) is 16.0. The van der Waals surface area contributed by atoms with E-state index in [1.54, 1.807) is 19.1 Å². The van der Waals surface area contributed by atoms with Crippen LogP contribution >= 0.6 is 11.6 Å². The van der Waals surface area contributed by atoms with Crippen molar-refractivity contribution in [2.45, 2.75) is 45.3 Å². The lowest BCUT2D eigenvalue weighted by Crippen LogP contribution is -2.27. The number of hydrogen-bond donors (Lipinski definition) is 2. The smallest absolute Gasteiger partial charge is 0.344 e. The fourth-order valence-electron chi connectivity index (χ4n) is 1.94. The molecular formula is C15H22ClNO4. The van der Waals surface area contributed by atoms with Crippen molar-refractivity contribution in [3.63, 3.8) is 0 Å². The van der Waals surface area contributed by atoms with E-state index in [2.05, 4.69) is 0 Å². The number of carboxylic acid groups (broad SMARTS) is 1. The van der Waals surface area contributed by atoms with Crippen LogP contribution in [0.2, 0.25) is 5.02 Å². The molecule has 1 aromatic carbocycles. The molecule has 2 unspecified atom stereocenters. The third-order valence-electron chi connectivity index (χ3n) is 3.23. The highest BCUT2D eigenvalue weighted by Gasteiger charge is 2.22. The minimum atomic E-state index is -1.01. The maximum absolute atomic E-state index is 11.2. The van der Waals surface area contributed by atoms with Crippen molar-refractivity contribution in [2.24, 2.45) is 5.73 Å². The highest BCUT2D eigenvalue weighted by Crippen LogP contribution is 2.36. The number of hydrogen-bond acceptors (Lipinski definition) is 4. The highest BCUT2D eigenvalue weighted by atomic mass is 35.5. The molecule has 0 aliphatic heterocycles. The van der Waals surface area contributed by atoms with Crippen molar-refractivity contribution >= 4 is 17.6 Å². The van der Waals surface area contributed by atoms with Crippen molar-refractivity contribution in [1.82, 2.24) is 0 Å². The Bertz CT molecular complexity index is 493. The van der Waals surface area contributed by atoms with E-state index in [0.29, 0.717) is 29.4 Å². The van der Waals surface area contributed by atoms with Gasteiger partial charge < -0.3 is 20.3 Å². The zero-order valence-electron chi connectivity index (χ0n) is 12.6. The van der Waals surface area contributed by atoms with E-state index in [0.717, 1.165) is 12.0 Å². The molecule has 0 heterocycles. The van der Waals surface area contributed by atoms with Gasteiger partial charge in [-0.2, -0.15) is 0 Å². The molecule has 0 aliphatic carbocycles. The van der Waals surface area contributed by atoms with Gasteiger partial charge in [0.2, 0.25) is 0 Å². The number of nitrogens with two attached hydrogens (primary N) is 1. The average Bonchev–Trinajstić information content (AvgIpc) is 2.45. The summed E-state index contributed by atoms with van der Waals surface area (Å²) in [4.78, 5) is 11.2. The molecule has 6 heteroatoms. The molecule has 0 saturated carbocycles. The monoisotopic (exact) mass is 315 g/mol. The van der Waals surface area contributed by atoms with Crippen LogP contribution in [0.5, 0.6) is 11.5 Å². The predicted octanol–water partition coefficient (Wildman–Crippen LogP) is 2.87. The number of ether oxygens (including phenoxy) is 2. The first kappa shape index (κ1) is 17.6. The second kappa shape index (κ2) is 8.10. The predicted molar refractivity (Wildman–Crippen MR) is 82.3 cm³/mol. The molecule has 0 radical (unpaired) electrons. The van der Waals surface area contributed by atoms with Crippen LogP contribution in [0.1, 0.15) is 32.3 Å². The van der Waals surface area contributed by atoms with E-state index in [1.807, 2.05) is 6.92 Å². The van der Waals surface area contributed by atoms with E-state index < -0.39 is 12.1 Å². The van der Waals surface area contributed by atoms with Gasteiger partial charge >= 0.3 is 5.97 Å². The highest BCUT2D eigenvalue weighted by molar-refractivity contribution is 6.30. The van der Waals surface area contributed by atoms with Crippen LogP contribution in [0.3, 0.4) is 0 Å². The summed E-state index contributed by atoms with van der Waals surface area (Å²) in [7, 11) is 1.49. The molecule has 0 amide bonds. The van der Waals surface area contributed by atoms with Crippen LogP contribution in [0.15, 0.2) is 12.1 Å². The van der Waals surface area contributed by atoms with Crippen LogP contribution in [0.4, 0.5) is 0 Å². The third kappa shape index (κ3) is 4.79. The molecule has 0 bridgehead atoms. The van der Waals surface area contributed by atoms with Gasteiger partial charge in [0.05, 0.1) is 7.11 Å². The number of methoxy groups -OCH3 is 1. The Morgan fingerprint density at radius 3 is 2.52 bits per heavy atom. The maximum Gasteiger partial charge on any atom is 0.344 e. The quantitative estimate of drug-likeness (QED) is 0.771. The largest absolute Gasteiger partial charge is 0.493 e. The van der Waals surface area contributed by atoms with E-state index in [4.69, 9.17) is 31.9 Å². The van der Waals surface area contributed by atoms with Crippen LogP contribution in [0.25, 0.3) is 0 Å². The van der Waals surface area contributed by atoms with Gasteiger partial charge in [0.1, 0.15) is 0 Å². The van der Waals surface area contributed by atoms with E-state index in [1.165, 1.54) is 7.11 Å². The topological polar surface area (TPSA) is 81.8 Å². The van der Waals surface area contributed by atoms with Crippen LogP contribution in [0, 0.1) is 0 Å². The van der Waals surface area contributed by atoms with Gasteiger partial charge in [-0.25, -0.2) is 4.79 Å². The number of rotatable bonds is 8. The Hall–Kier alpha value is -1.46. The van der Waals surface area contributed by atoms with Crippen LogP contribution < -0.4 is 15.2 Å². The second-order valence-electron chi connectivity index (χ2n) is 4.82. The molecule has 0 aliphatic rings. The Kier molecular flexibility index (Phi) is 6.78. The van der Waals surface area contributed by atoms with Gasteiger partial charge in [-0.1, -0.05) is 25.4 Å². The fraction of sp³-hybridized carbons (Fsp3) is 0.533. The van der Waals surface area contributed by atoms with Crippen LogP contribution in [-0.2, 0) is 11.2 Å². The van der Waals surface area contributed by atoms with Crippen molar-refractivity contribution < 1.29 is 19.4 Å². The normalized spacial score (nSPS) is 13.6. The van der Waals surface area contributed by atoms with E-state index in [-0.39, 0.29) is 6.04 Å². The summed E-state index contributed by atoms with van der Waals surface area (Å²) >= 11 is 6.07. The van der Waals surface area contributed by atoms with Gasteiger partial charge in [-0.15, -0.1) is 0 Å². The average molecular weight is 316 g/mol. The fourth-order valence-corrected chi connectivity index (χ4v) is 2.17. The Morgan fingerprint density at radius 1 is 1.38 bits per heavy atom. The van der Waals surface area contributed by atoms with Crippen molar-refractivity contribution in [2.75, 3.05) is 7.11 Å². The second-order valence-corrected chi connectivity index (χ2v) is 5.26. The lowest BCUT2D eigenvalue weighted by molar-refractivity contribution is -0.145. The first-order valence-corrected chi connectivity index (χ1v) is 7.32. The summed E-state index contributed by atoms with van der Waals surface area (Å²) in [5.41, 5.74) is 6.74. The third-order valence-corrected chi connectivity index (χ3v) is 3.45. The molecule has 5 nitrogen and oxygen atoms in total. The Morgan fingerprint density at radius 2 is 2.05 bits per heavy atom. The molecule has 1 aromatic rings. The number of carbonyl (C=O) groups is 1. The van der Waals surface area contributed by atoms with Gasteiger partial charge in [0, 0.05) is 22.7 Å². The van der Waals surface area contributed by atoms with Gasteiger partial charge in [-0.3, -0.25) is 0 Å². The van der Waals surface area contributed by atoms with Gasteiger partial charge in [0.25, 0.3) is 0 Å². The molecule has 118 valence electrons. The lowest BCUT2D eigenvalue weighted by atomic mass is 10.0. The Labute approximate surface area is 130 Å². The first-order chi connectivity index (χ1) is 9.92. The first-order valence-electron chi connectivity index (χ1n) is 6.94. The summed E-state index contributed by atoms with van der Waals surface area (Å²) < 4.78 is 10.9. The van der Waals surface area contributed by atoms with Gasteiger partial charge in [-0.05, 0) is 25.3 Å². The van der Waals surface area contributed by atoms with E-state index in [9.17, 15) is 4.79 Å². The summed E-state index contributed by atoms with van der Waals surface area (Å²) in [6, 6.07) is 3.29. The number of aliphatic carboxylic acids is 1. The minimum Gasteiger partial charge on any atom is -0.493 e. The Balaban J connectivity index is 3.21. The number of benzene rings is 1. The molecule has 0 fully saturated rings. The lowest BCUT2D eigenvalue weighted by Gasteiger charge is -2.20. The summed E-state index contributed by atoms with van der Waals surface area (Å²) in [6.45, 7) is 3.73. The molecule has 0 spiro atoms. The molecule has 0 aromatic heterocycles. The van der Waals surface area contributed by atoms with E-state index >= 15 is 0 Å². The number of halogens is 1. The minimum absolute atomic E-state index is 0.0552.